The van der Waals surface area contributed by atoms with Gasteiger partial charge in [-0.15, -0.1) is 0 Å². The number of methoxy groups -OCH3 is 1. The van der Waals surface area contributed by atoms with Gasteiger partial charge in [-0.05, 0) is 17.7 Å². The van der Waals surface area contributed by atoms with E-state index in [2.05, 4.69) is 4.90 Å². The number of piperazine rings is 1. The van der Waals surface area contributed by atoms with E-state index in [-0.39, 0.29) is 5.97 Å². The smallest absolute Gasteiger partial charge is 0.407 e. The Morgan fingerprint density at radius 3 is 2.55 bits per heavy atom. The van der Waals surface area contributed by atoms with Crippen LogP contribution < -0.4 is 0 Å². The monoisotopic (exact) mass is 278 g/mol. The number of nitrogens with zero attached hydrogens (tertiary/aromatic N) is 2. The van der Waals surface area contributed by atoms with E-state index in [9.17, 15) is 9.59 Å². The van der Waals surface area contributed by atoms with Crippen LogP contribution in [-0.4, -0.2) is 60.3 Å². The zero-order chi connectivity index (χ0) is 14.5. The van der Waals surface area contributed by atoms with Crippen molar-refractivity contribution < 1.29 is 19.4 Å². The quantitative estimate of drug-likeness (QED) is 0.843. The zero-order valence-corrected chi connectivity index (χ0v) is 11.4. The van der Waals surface area contributed by atoms with Crippen LogP contribution in [0.2, 0.25) is 0 Å². The number of carbonyl (C=O) groups is 2. The van der Waals surface area contributed by atoms with Crippen LogP contribution in [0.25, 0.3) is 0 Å². The van der Waals surface area contributed by atoms with Crippen molar-refractivity contribution in [3.05, 3.63) is 35.4 Å². The topological polar surface area (TPSA) is 70.1 Å². The molecule has 20 heavy (non-hydrogen) atoms. The van der Waals surface area contributed by atoms with Gasteiger partial charge in [0.15, 0.2) is 0 Å². The number of ether oxygens (including phenoxy) is 1. The summed E-state index contributed by atoms with van der Waals surface area (Å²) in [5.41, 5.74) is 1.56. The minimum absolute atomic E-state index is 0.345. The molecule has 0 atom stereocenters. The first-order valence-electron chi connectivity index (χ1n) is 6.47. The molecule has 0 spiro atoms. The number of carboxylic acid groups (broad SMARTS) is 1. The summed E-state index contributed by atoms with van der Waals surface area (Å²) in [6.07, 6.45) is -0.864. The van der Waals surface area contributed by atoms with Gasteiger partial charge >= 0.3 is 12.1 Å². The number of carbonyl (C=O) groups excluding carboxylic acids is 1. The highest BCUT2D eigenvalue weighted by Crippen LogP contribution is 2.11. The normalized spacial score (nSPS) is 15.9. The third-order valence-electron chi connectivity index (χ3n) is 3.40. The molecule has 1 aromatic carbocycles. The van der Waals surface area contributed by atoms with Gasteiger partial charge in [-0.2, -0.15) is 0 Å². The Morgan fingerprint density at radius 1 is 1.25 bits per heavy atom. The maximum absolute atomic E-state index is 11.5. The Bertz CT molecular complexity index is 496. The Kier molecular flexibility index (Phi) is 4.57. The maximum Gasteiger partial charge on any atom is 0.407 e. The minimum atomic E-state index is -0.864. The predicted octanol–water partition coefficient (Wildman–Crippen LogP) is 1.27. The van der Waals surface area contributed by atoms with Gasteiger partial charge in [0.2, 0.25) is 0 Å². The minimum Gasteiger partial charge on any atom is -0.465 e. The lowest BCUT2D eigenvalue weighted by molar-refractivity contribution is 0.0600. The van der Waals surface area contributed by atoms with Crippen LogP contribution in [0.5, 0.6) is 0 Å². The van der Waals surface area contributed by atoms with Gasteiger partial charge in [-0.25, -0.2) is 9.59 Å². The van der Waals surface area contributed by atoms with Crippen LogP contribution in [0.3, 0.4) is 0 Å². The SMILES string of the molecule is COC(=O)c1cccc(CN2CCN(C(=O)O)CC2)c1. The van der Waals surface area contributed by atoms with Crippen LogP contribution >= 0.6 is 0 Å². The van der Waals surface area contributed by atoms with Crippen molar-refractivity contribution in [3.63, 3.8) is 0 Å². The highest BCUT2D eigenvalue weighted by atomic mass is 16.5. The second-order valence-corrected chi connectivity index (χ2v) is 4.74. The molecule has 0 aliphatic carbocycles. The van der Waals surface area contributed by atoms with Crippen LogP contribution in [0, 0.1) is 0 Å². The fourth-order valence-corrected chi connectivity index (χ4v) is 2.27. The Balaban J connectivity index is 1.94. The van der Waals surface area contributed by atoms with Crippen LogP contribution in [0.15, 0.2) is 24.3 Å². The molecule has 1 saturated heterocycles. The largest absolute Gasteiger partial charge is 0.465 e. The summed E-state index contributed by atoms with van der Waals surface area (Å²) in [6, 6.07) is 7.32. The molecule has 0 aromatic heterocycles. The molecule has 2 rings (SSSR count). The second-order valence-electron chi connectivity index (χ2n) is 4.74. The average Bonchev–Trinajstić information content (AvgIpc) is 2.47. The van der Waals surface area contributed by atoms with Gasteiger partial charge in [-0.1, -0.05) is 12.1 Å². The van der Waals surface area contributed by atoms with Crippen molar-refractivity contribution in [2.45, 2.75) is 6.54 Å². The molecule has 0 radical (unpaired) electrons. The molecule has 1 aliphatic heterocycles. The molecule has 0 unspecified atom stereocenters. The van der Waals surface area contributed by atoms with E-state index in [1.165, 1.54) is 12.0 Å². The molecule has 6 heteroatoms. The van der Waals surface area contributed by atoms with E-state index in [1.54, 1.807) is 6.07 Å². The molecule has 1 fully saturated rings. The van der Waals surface area contributed by atoms with E-state index < -0.39 is 6.09 Å². The lowest BCUT2D eigenvalue weighted by Gasteiger charge is -2.33. The van der Waals surface area contributed by atoms with Gasteiger partial charge in [0, 0.05) is 32.7 Å². The first-order chi connectivity index (χ1) is 9.60. The second kappa shape index (κ2) is 6.38. The van der Waals surface area contributed by atoms with Gasteiger partial charge in [0.1, 0.15) is 0 Å². The molecule has 108 valence electrons. The van der Waals surface area contributed by atoms with Gasteiger partial charge in [0.25, 0.3) is 0 Å². The van der Waals surface area contributed by atoms with Crippen LogP contribution in [0.4, 0.5) is 4.79 Å². The van der Waals surface area contributed by atoms with Crippen molar-refractivity contribution in [3.8, 4) is 0 Å². The number of esters is 1. The van der Waals surface area contributed by atoms with Crippen molar-refractivity contribution >= 4 is 12.1 Å². The van der Waals surface area contributed by atoms with E-state index in [0.29, 0.717) is 38.3 Å². The number of benzene rings is 1. The number of amides is 1. The molecule has 0 bridgehead atoms. The number of hydrogen-bond acceptors (Lipinski definition) is 4. The predicted molar refractivity (Wildman–Crippen MR) is 72.7 cm³/mol. The summed E-state index contributed by atoms with van der Waals surface area (Å²) in [5.74, 6) is -0.345. The third kappa shape index (κ3) is 3.48. The summed E-state index contributed by atoms with van der Waals surface area (Å²) in [5, 5.41) is 8.89. The molecular formula is C14H18N2O4. The van der Waals surface area contributed by atoms with Gasteiger partial charge in [-0.3, -0.25) is 4.90 Å². The van der Waals surface area contributed by atoms with E-state index in [4.69, 9.17) is 9.84 Å². The molecular weight excluding hydrogens is 260 g/mol. The Hall–Kier alpha value is -2.08. The van der Waals surface area contributed by atoms with E-state index >= 15 is 0 Å². The van der Waals surface area contributed by atoms with Crippen LogP contribution in [0.1, 0.15) is 15.9 Å². The lowest BCUT2D eigenvalue weighted by Crippen LogP contribution is -2.47. The fourth-order valence-electron chi connectivity index (χ4n) is 2.27. The Morgan fingerprint density at radius 2 is 1.95 bits per heavy atom. The van der Waals surface area contributed by atoms with Crippen molar-refractivity contribution in [2.75, 3.05) is 33.3 Å². The Labute approximate surface area is 117 Å². The molecule has 1 heterocycles. The molecule has 0 saturated carbocycles. The first kappa shape index (κ1) is 14.3. The lowest BCUT2D eigenvalue weighted by atomic mass is 10.1. The zero-order valence-electron chi connectivity index (χ0n) is 11.4. The van der Waals surface area contributed by atoms with Crippen molar-refractivity contribution in [1.29, 1.82) is 0 Å². The summed E-state index contributed by atoms with van der Waals surface area (Å²) >= 11 is 0. The summed E-state index contributed by atoms with van der Waals surface area (Å²) < 4.78 is 4.70. The summed E-state index contributed by atoms with van der Waals surface area (Å²) in [6.45, 7) is 3.15. The van der Waals surface area contributed by atoms with Crippen molar-refractivity contribution in [2.24, 2.45) is 0 Å². The average molecular weight is 278 g/mol. The molecule has 1 amide bonds. The summed E-state index contributed by atoms with van der Waals surface area (Å²) in [7, 11) is 1.36. The van der Waals surface area contributed by atoms with Gasteiger partial charge in [0.05, 0.1) is 12.7 Å². The highest BCUT2D eigenvalue weighted by molar-refractivity contribution is 5.89. The summed E-state index contributed by atoms with van der Waals surface area (Å²) in [4.78, 5) is 25.9. The first-order valence-corrected chi connectivity index (χ1v) is 6.47. The van der Waals surface area contributed by atoms with Gasteiger partial charge < -0.3 is 14.7 Å². The molecule has 6 nitrogen and oxygen atoms in total. The third-order valence-corrected chi connectivity index (χ3v) is 3.40. The van der Waals surface area contributed by atoms with E-state index in [1.807, 2.05) is 18.2 Å². The fraction of sp³-hybridized carbons (Fsp3) is 0.429. The maximum atomic E-state index is 11.5. The molecule has 1 aliphatic rings. The van der Waals surface area contributed by atoms with Crippen LogP contribution in [-0.2, 0) is 11.3 Å². The standard InChI is InChI=1S/C14H18N2O4/c1-20-13(17)12-4-2-3-11(9-12)10-15-5-7-16(8-6-15)14(18)19/h2-4,9H,5-8,10H2,1H3,(H,18,19). The number of rotatable bonds is 3. The highest BCUT2D eigenvalue weighted by Gasteiger charge is 2.20. The number of hydrogen-bond donors (Lipinski definition) is 1. The van der Waals surface area contributed by atoms with E-state index in [0.717, 1.165) is 5.56 Å². The van der Waals surface area contributed by atoms with Crippen molar-refractivity contribution in [1.82, 2.24) is 9.80 Å². The molecule has 1 N–H and O–H groups in total. The molecule has 1 aromatic rings.